The molecule has 0 aliphatic heterocycles. The van der Waals surface area contributed by atoms with E-state index in [0.29, 0.717) is 6.04 Å². The van der Waals surface area contributed by atoms with Gasteiger partial charge in [-0.15, -0.1) is 0 Å². The molecule has 0 aliphatic rings. The lowest BCUT2D eigenvalue weighted by Gasteiger charge is -2.13. The Kier molecular flexibility index (Phi) is 6.20. The molecule has 98 valence electrons. The van der Waals surface area contributed by atoms with Gasteiger partial charge in [0.1, 0.15) is 0 Å². The number of aromatic nitrogens is 2. The zero-order valence-corrected chi connectivity index (χ0v) is 13.0. The molecule has 1 rings (SSSR count). The normalized spacial score (nSPS) is 13.0. The highest BCUT2D eigenvalue weighted by Crippen LogP contribution is 2.23. The van der Waals surface area contributed by atoms with Gasteiger partial charge in [-0.25, -0.2) is 0 Å². The van der Waals surface area contributed by atoms with Crippen LogP contribution in [0.1, 0.15) is 44.5 Å². The van der Waals surface area contributed by atoms with Crippen LogP contribution in [-0.2, 0) is 19.9 Å². The summed E-state index contributed by atoms with van der Waals surface area (Å²) in [5, 5.41) is 7.87. The van der Waals surface area contributed by atoms with Gasteiger partial charge in [-0.1, -0.05) is 13.8 Å². The van der Waals surface area contributed by atoms with E-state index in [9.17, 15) is 0 Å². The molecule has 1 aromatic heterocycles. The van der Waals surface area contributed by atoms with Crippen LogP contribution in [0, 0.1) is 0 Å². The van der Waals surface area contributed by atoms with Crippen LogP contribution in [-0.4, -0.2) is 22.9 Å². The molecular weight excluding hydrogens is 278 g/mol. The van der Waals surface area contributed by atoms with Gasteiger partial charge >= 0.3 is 0 Å². The SMILES string of the molecule is CCc1nn(C)c(CCCC(CC)NC)c1Br. The van der Waals surface area contributed by atoms with Gasteiger partial charge in [0.25, 0.3) is 0 Å². The van der Waals surface area contributed by atoms with Crippen LogP contribution in [0.25, 0.3) is 0 Å². The van der Waals surface area contributed by atoms with Gasteiger partial charge in [0.2, 0.25) is 0 Å². The Labute approximate surface area is 113 Å². The van der Waals surface area contributed by atoms with Crippen molar-refractivity contribution >= 4 is 15.9 Å². The molecule has 0 spiro atoms. The molecule has 0 saturated carbocycles. The highest BCUT2D eigenvalue weighted by Gasteiger charge is 2.12. The van der Waals surface area contributed by atoms with Crippen molar-refractivity contribution in [3.63, 3.8) is 0 Å². The number of nitrogens with one attached hydrogen (secondary N) is 1. The number of nitrogens with zero attached hydrogens (tertiary/aromatic N) is 2. The van der Waals surface area contributed by atoms with E-state index in [0.717, 1.165) is 12.8 Å². The first kappa shape index (κ1) is 14.7. The van der Waals surface area contributed by atoms with Crippen LogP contribution in [0.4, 0.5) is 0 Å². The van der Waals surface area contributed by atoms with Gasteiger partial charge < -0.3 is 5.32 Å². The second-order valence-corrected chi connectivity index (χ2v) is 5.26. The van der Waals surface area contributed by atoms with E-state index >= 15 is 0 Å². The van der Waals surface area contributed by atoms with Crippen molar-refractivity contribution < 1.29 is 0 Å². The second-order valence-electron chi connectivity index (χ2n) is 4.47. The quantitative estimate of drug-likeness (QED) is 0.839. The van der Waals surface area contributed by atoms with Crippen LogP contribution < -0.4 is 5.32 Å². The fraction of sp³-hybridized carbons (Fsp3) is 0.769. The Hall–Kier alpha value is -0.350. The molecule has 3 nitrogen and oxygen atoms in total. The lowest BCUT2D eigenvalue weighted by Crippen LogP contribution is -2.24. The maximum absolute atomic E-state index is 4.52. The molecule has 17 heavy (non-hydrogen) atoms. The first-order chi connectivity index (χ1) is 8.13. The zero-order chi connectivity index (χ0) is 12.8. The minimum absolute atomic E-state index is 0.646. The van der Waals surface area contributed by atoms with Crippen LogP contribution in [0.3, 0.4) is 0 Å². The molecule has 0 saturated heterocycles. The van der Waals surface area contributed by atoms with Gasteiger partial charge in [-0.05, 0) is 55.1 Å². The van der Waals surface area contributed by atoms with E-state index in [1.165, 1.54) is 35.1 Å². The number of hydrogen-bond donors (Lipinski definition) is 1. The fourth-order valence-corrected chi connectivity index (χ4v) is 2.97. The average molecular weight is 302 g/mol. The Morgan fingerprint density at radius 1 is 1.41 bits per heavy atom. The lowest BCUT2D eigenvalue weighted by atomic mass is 10.1. The van der Waals surface area contributed by atoms with Crippen LogP contribution in [0.5, 0.6) is 0 Å². The minimum Gasteiger partial charge on any atom is -0.317 e. The van der Waals surface area contributed by atoms with E-state index in [1.807, 2.05) is 18.8 Å². The van der Waals surface area contributed by atoms with Gasteiger partial charge in [-0.3, -0.25) is 4.68 Å². The van der Waals surface area contributed by atoms with E-state index < -0.39 is 0 Å². The third-order valence-electron chi connectivity index (χ3n) is 3.37. The molecule has 1 aromatic rings. The predicted molar refractivity (Wildman–Crippen MR) is 76.4 cm³/mol. The molecule has 0 aromatic carbocycles. The molecule has 1 atom stereocenters. The predicted octanol–water partition coefficient (Wildman–Crippen LogP) is 3.07. The third kappa shape index (κ3) is 3.81. The van der Waals surface area contributed by atoms with Crippen LogP contribution in [0.2, 0.25) is 0 Å². The molecular formula is C13H24BrN3. The minimum atomic E-state index is 0.646. The number of aryl methyl sites for hydroxylation is 2. The third-order valence-corrected chi connectivity index (χ3v) is 4.29. The number of hydrogen-bond acceptors (Lipinski definition) is 2. The first-order valence-corrected chi connectivity index (χ1v) is 7.30. The van der Waals surface area contributed by atoms with Crippen molar-refractivity contribution in [3.05, 3.63) is 15.9 Å². The number of rotatable bonds is 7. The summed E-state index contributed by atoms with van der Waals surface area (Å²) in [7, 11) is 4.08. The standard InChI is InChI=1S/C13H24BrN3/c1-5-10(15-3)8-7-9-12-13(14)11(6-2)16-17(12)4/h10,15H,5-9H2,1-4H3. The molecule has 0 fully saturated rings. The molecule has 4 heteroatoms. The Morgan fingerprint density at radius 3 is 2.59 bits per heavy atom. The van der Waals surface area contributed by atoms with Crippen molar-refractivity contribution in [2.45, 2.75) is 52.0 Å². The van der Waals surface area contributed by atoms with Crippen LogP contribution >= 0.6 is 15.9 Å². The maximum Gasteiger partial charge on any atom is 0.0766 e. The Morgan fingerprint density at radius 2 is 2.12 bits per heavy atom. The molecule has 1 unspecified atom stereocenters. The van der Waals surface area contributed by atoms with E-state index in [1.54, 1.807) is 0 Å². The van der Waals surface area contributed by atoms with Crippen molar-refractivity contribution in [3.8, 4) is 0 Å². The Balaban J connectivity index is 2.54. The first-order valence-electron chi connectivity index (χ1n) is 6.51. The van der Waals surface area contributed by atoms with E-state index in [4.69, 9.17) is 0 Å². The topological polar surface area (TPSA) is 29.9 Å². The van der Waals surface area contributed by atoms with Crippen molar-refractivity contribution in [1.29, 1.82) is 0 Å². The molecule has 1 N–H and O–H groups in total. The molecule has 0 amide bonds. The van der Waals surface area contributed by atoms with Crippen LogP contribution in [0.15, 0.2) is 4.47 Å². The summed E-state index contributed by atoms with van der Waals surface area (Å²) in [5.74, 6) is 0. The fourth-order valence-electron chi connectivity index (χ4n) is 2.16. The van der Waals surface area contributed by atoms with Crippen molar-refractivity contribution in [1.82, 2.24) is 15.1 Å². The summed E-state index contributed by atoms with van der Waals surface area (Å²) >= 11 is 3.66. The maximum atomic E-state index is 4.52. The van der Waals surface area contributed by atoms with E-state index in [-0.39, 0.29) is 0 Å². The van der Waals surface area contributed by atoms with Crippen molar-refractivity contribution in [2.24, 2.45) is 7.05 Å². The monoisotopic (exact) mass is 301 g/mol. The van der Waals surface area contributed by atoms with E-state index in [2.05, 4.69) is 40.2 Å². The van der Waals surface area contributed by atoms with Gasteiger partial charge in [-0.2, -0.15) is 5.10 Å². The molecule has 0 aliphatic carbocycles. The largest absolute Gasteiger partial charge is 0.317 e. The van der Waals surface area contributed by atoms with Gasteiger partial charge in [0, 0.05) is 13.1 Å². The second kappa shape index (κ2) is 7.17. The molecule has 1 heterocycles. The lowest BCUT2D eigenvalue weighted by molar-refractivity contribution is 0.487. The average Bonchev–Trinajstić information content (AvgIpc) is 2.61. The highest BCUT2D eigenvalue weighted by molar-refractivity contribution is 9.10. The Bertz CT molecular complexity index is 343. The van der Waals surface area contributed by atoms with Crippen molar-refractivity contribution in [2.75, 3.05) is 7.05 Å². The van der Waals surface area contributed by atoms with Gasteiger partial charge in [0.05, 0.1) is 15.9 Å². The molecule has 0 bridgehead atoms. The zero-order valence-electron chi connectivity index (χ0n) is 11.4. The smallest absolute Gasteiger partial charge is 0.0766 e. The van der Waals surface area contributed by atoms with Gasteiger partial charge in [0.15, 0.2) is 0 Å². The summed E-state index contributed by atoms with van der Waals surface area (Å²) in [5.41, 5.74) is 2.50. The molecule has 0 radical (unpaired) electrons. The summed E-state index contributed by atoms with van der Waals surface area (Å²) < 4.78 is 3.23. The summed E-state index contributed by atoms with van der Waals surface area (Å²) in [4.78, 5) is 0. The summed E-state index contributed by atoms with van der Waals surface area (Å²) in [6.07, 6.45) is 5.72. The highest BCUT2D eigenvalue weighted by atomic mass is 79.9. The number of halogens is 1. The summed E-state index contributed by atoms with van der Waals surface area (Å²) in [6.45, 7) is 4.38. The summed E-state index contributed by atoms with van der Waals surface area (Å²) in [6, 6.07) is 0.646.